The molecule has 2 N–H and O–H groups in total. The topological polar surface area (TPSA) is 85.8 Å². The number of thiazole rings is 1. The van der Waals surface area contributed by atoms with Gasteiger partial charge in [0.2, 0.25) is 0 Å². The summed E-state index contributed by atoms with van der Waals surface area (Å²) < 4.78 is 46.4. The van der Waals surface area contributed by atoms with E-state index >= 15 is 0 Å². The van der Waals surface area contributed by atoms with Crippen molar-refractivity contribution in [2.24, 2.45) is 15.7 Å². The Labute approximate surface area is 186 Å². The second-order valence-corrected chi connectivity index (χ2v) is 8.41. The maximum absolute atomic E-state index is 13.5. The number of nitrogens with zero attached hydrogens (tertiary/aromatic N) is 4. The molecule has 32 heavy (non-hydrogen) atoms. The Morgan fingerprint density at radius 1 is 1.25 bits per heavy atom. The number of alkyl halides is 3. The Morgan fingerprint density at radius 3 is 2.78 bits per heavy atom. The van der Waals surface area contributed by atoms with Crippen molar-refractivity contribution in [1.82, 2.24) is 9.97 Å². The van der Waals surface area contributed by atoms with E-state index < -0.39 is 11.9 Å². The van der Waals surface area contributed by atoms with E-state index in [9.17, 15) is 13.2 Å². The molecule has 1 aromatic carbocycles. The van der Waals surface area contributed by atoms with Gasteiger partial charge in [-0.1, -0.05) is 12.1 Å². The number of hydrogen-bond acceptors (Lipinski definition) is 5. The van der Waals surface area contributed by atoms with Crippen LogP contribution in [0.5, 0.6) is 5.75 Å². The highest BCUT2D eigenvalue weighted by Gasteiger charge is 2.35. The van der Waals surface area contributed by atoms with Crippen molar-refractivity contribution in [2.45, 2.75) is 32.5 Å². The molecule has 3 heterocycles. The first-order valence-corrected chi connectivity index (χ1v) is 10.7. The first-order chi connectivity index (χ1) is 15.3. The fourth-order valence-corrected chi connectivity index (χ4v) is 4.42. The third-order valence-electron chi connectivity index (χ3n) is 4.67. The van der Waals surface area contributed by atoms with Gasteiger partial charge in [0.1, 0.15) is 5.75 Å². The number of aliphatic imine (C=N–C) groups is 2. The number of halogens is 3. The molecular formula is C22H20F3N5OS. The first kappa shape index (κ1) is 21.9. The van der Waals surface area contributed by atoms with E-state index in [2.05, 4.69) is 15.0 Å². The van der Waals surface area contributed by atoms with Gasteiger partial charge < -0.3 is 10.5 Å². The van der Waals surface area contributed by atoms with Crippen molar-refractivity contribution in [2.75, 3.05) is 6.61 Å². The van der Waals surface area contributed by atoms with Gasteiger partial charge in [-0.15, -0.1) is 11.3 Å². The van der Waals surface area contributed by atoms with Gasteiger partial charge >= 0.3 is 6.18 Å². The summed E-state index contributed by atoms with van der Waals surface area (Å²) in [5.41, 5.74) is 6.21. The standard InChI is InChI=1S/C22H20F3N5OS/c1-12(2)29-20(28-11-26)21-30-18-15-10-13(5-6-16(15)31-9-7-17(18)32-21)14-4-3-8-27-19(14)22(23,24)25/h3-6,8,10-12H,7,9H2,1-2H3,(H2,26,28,29). The number of amidine groups is 1. The Morgan fingerprint density at radius 2 is 2.06 bits per heavy atom. The third kappa shape index (κ3) is 4.36. The largest absolute Gasteiger partial charge is 0.493 e. The molecule has 0 unspecified atom stereocenters. The van der Waals surface area contributed by atoms with Crippen molar-refractivity contribution in [3.05, 3.63) is 52.1 Å². The molecule has 3 aromatic rings. The number of aromatic nitrogens is 2. The van der Waals surface area contributed by atoms with Crippen molar-refractivity contribution in [3.8, 4) is 28.1 Å². The van der Waals surface area contributed by atoms with Gasteiger partial charge in [-0.05, 0) is 37.6 Å². The van der Waals surface area contributed by atoms with E-state index in [-0.39, 0.29) is 11.6 Å². The van der Waals surface area contributed by atoms with Crippen LogP contribution in [-0.4, -0.2) is 34.8 Å². The predicted molar refractivity (Wildman–Crippen MR) is 119 cm³/mol. The minimum Gasteiger partial charge on any atom is -0.493 e. The molecule has 6 nitrogen and oxygen atoms in total. The molecule has 10 heteroatoms. The summed E-state index contributed by atoms with van der Waals surface area (Å²) in [6.45, 7) is 4.27. The summed E-state index contributed by atoms with van der Waals surface area (Å²) in [6.07, 6.45) is -1.65. The zero-order valence-electron chi connectivity index (χ0n) is 17.3. The van der Waals surface area contributed by atoms with Crippen LogP contribution >= 0.6 is 11.3 Å². The third-order valence-corrected chi connectivity index (χ3v) is 5.79. The molecule has 1 aliphatic heterocycles. The molecule has 0 spiro atoms. The van der Waals surface area contributed by atoms with E-state index in [0.717, 1.165) is 11.1 Å². The monoisotopic (exact) mass is 459 g/mol. The average molecular weight is 459 g/mol. The SMILES string of the molecule is CC(C)N=C(N=CN)c1nc2c(s1)CCOc1ccc(-c3cccnc3C(F)(F)F)cc1-2. The summed E-state index contributed by atoms with van der Waals surface area (Å²) in [7, 11) is 0. The van der Waals surface area contributed by atoms with Crippen molar-refractivity contribution in [1.29, 1.82) is 0 Å². The van der Waals surface area contributed by atoms with Crippen LogP contribution in [0.2, 0.25) is 0 Å². The highest BCUT2D eigenvalue weighted by atomic mass is 32.1. The summed E-state index contributed by atoms with van der Waals surface area (Å²) in [6, 6.07) is 7.83. The van der Waals surface area contributed by atoms with Gasteiger partial charge in [-0.25, -0.2) is 9.98 Å². The van der Waals surface area contributed by atoms with E-state index in [4.69, 9.17) is 15.5 Å². The molecule has 0 saturated carbocycles. The van der Waals surface area contributed by atoms with Crippen LogP contribution in [0.15, 0.2) is 46.5 Å². The fourth-order valence-electron chi connectivity index (χ4n) is 3.41. The first-order valence-electron chi connectivity index (χ1n) is 9.90. The lowest BCUT2D eigenvalue weighted by Crippen LogP contribution is -2.09. The Kier molecular flexibility index (Phi) is 5.96. The van der Waals surface area contributed by atoms with E-state index in [1.807, 2.05) is 13.8 Å². The number of rotatable bonds is 3. The maximum Gasteiger partial charge on any atom is 0.433 e. The molecule has 1 aliphatic rings. The molecule has 0 amide bonds. The van der Waals surface area contributed by atoms with Gasteiger partial charge in [-0.3, -0.25) is 9.98 Å². The Bertz CT molecular complexity index is 1200. The lowest BCUT2D eigenvalue weighted by molar-refractivity contribution is -0.140. The summed E-state index contributed by atoms with van der Waals surface area (Å²) in [5, 5.41) is 0.598. The molecule has 0 saturated heterocycles. The van der Waals surface area contributed by atoms with Crippen LogP contribution in [0.3, 0.4) is 0 Å². The van der Waals surface area contributed by atoms with Gasteiger partial charge in [0.25, 0.3) is 0 Å². The van der Waals surface area contributed by atoms with E-state index in [1.54, 1.807) is 18.2 Å². The van der Waals surface area contributed by atoms with E-state index in [0.29, 0.717) is 46.4 Å². The van der Waals surface area contributed by atoms with Gasteiger partial charge in [0, 0.05) is 34.7 Å². The van der Waals surface area contributed by atoms with Crippen LogP contribution in [-0.2, 0) is 12.6 Å². The molecule has 166 valence electrons. The molecule has 2 aromatic heterocycles. The van der Waals surface area contributed by atoms with Crippen molar-refractivity contribution < 1.29 is 17.9 Å². The van der Waals surface area contributed by atoms with E-state index in [1.165, 1.54) is 29.8 Å². The second-order valence-electron chi connectivity index (χ2n) is 7.32. The fraction of sp³-hybridized carbons (Fsp3) is 0.273. The molecule has 0 aliphatic carbocycles. The lowest BCUT2D eigenvalue weighted by Gasteiger charge is -2.13. The number of hydrogen-bond donors (Lipinski definition) is 1. The summed E-state index contributed by atoms with van der Waals surface area (Å²) in [4.78, 5) is 17.9. The molecule has 4 rings (SSSR count). The van der Waals surface area contributed by atoms with Crippen LogP contribution in [0.1, 0.15) is 29.4 Å². The lowest BCUT2D eigenvalue weighted by atomic mass is 9.99. The van der Waals surface area contributed by atoms with Crippen molar-refractivity contribution >= 4 is 23.5 Å². The van der Waals surface area contributed by atoms with Crippen LogP contribution < -0.4 is 10.5 Å². The molecule has 0 fully saturated rings. The van der Waals surface area contributed by atoms with Crippen molar-refractivity contribution in [3.63, 3.8) is 0 Å². The molecule has 0 bridgehead atoms. The predicted octanol–water partition coefficient (Wildman–Crippen LogP) is 4.97. The van der Waals surface area contributed by atoms with Gasteiger partial charge in [0.15, 0.2) is 16.5 Å². The van der Waals surface area contributed by atoms with Gasteiger partial charge in [-0.2, -0.15) is 13.2 Å². The Hall–Kier alpha value is -3.27. The summed E-state index contributed by atoms with van der Waals surface area (Å²) >= 11 is 1.43. The molecule has 0 radical (unpaired) electrons. The zero-order chi connectivity index (χ0) is 22.9. The van der Waals surface area contributed by atoms with Crippen LogP contribution in [0, 0.1) is 0 Å². The zero-order valence-corrected chi connectivity index (χ0v) is 18.2. The smallest absolute Gasteiger partial charge is 0.433 e. The highest BCUT2D eigenvalue weighted by molar-refractivity contribution is 7.14. The minimum absolute atomic E-state index is 0.00107. The maximum atomic E-state index is 13.5. The number of nitrogens with two attached hydrogens (primary N) is 1. The number of benzene rings is 1. The van der Waals surface area contributed by atoms with Crippen LogP contribution in [0.25, 0.3) is 22.4 Å². The second kappa shape index (κ2) is 8.70. The highest BCUT2D eigenvalue weighted by Crippen LogP contribution is 2.42. The molecule has 0 atom stereocenters. The number of fused-ring (bicyclic) bond motifs is 3. The average Bonchev–Trinajstić information content (AvgIpc) is 3.09. The van der Waals surface area contributed by atoms with Crippen LogP contribution in [0.4, 0.5) is 13.2 Å². The number of ether oxygens (including phenoxy) is 1. The molecular weight excluding hydrogens is 439 g/mol. The minimum atomic E-state index is -4.57. The quantitative estimate of drug-likeness (QED) is 0.443. The summed E-state index contributed by atoms with van der Waals surface area (Å²) in [5.74, 6) is 0.984. The Balaban J connectivity index is 1.86. The number of pyridine rings is 1. The van der Waals surface area contributed by atoms with Gasteiger partial charge in [0.05, 0.1) is 18.6 Å². The normalized spacial score (nSPS) is 14.2.